The third-order valence-electron chi connectivity index (χ3n) is 2.87. The van der Waals surface area contributed by atoms with Crippen LogP contribution < -0.4 is 16.0 Å². The van der Waals surface area contributed by atoms with Crippen molar-refractivity contribution < 1.29 is 9.53 Å². The number of hydrazine groups is 1. The third-order valence-corrected chi connectivity index (χ3v) is 3.83. The van der Waals surface area contributed by atoms with E-state index in [0.29, 0.717) is 11.5 Å². The van der Waals surface area contributed by atoms with Gasteiger partial charge in [-0.05, 0) is 36.9 Å². The van der Waals surface area contributed by atoms with E-state index in [1.165, 1.54) is 11.3 Å². The van der Waals surface area contributed by atoms with Crippen LogP contribution in [0.15, 0.2) is 23.6 Å². The number of aromatic nitrogens is 1. The van der Waals surface area contributed by atoms with Gasteiger partial charge in [-0.3, -0.25) is 15.2 Å². The molecule has 0 aliphatic rings. The Labute approximate surface area is 121 Å². The van der Waals surface area contributed by atoms with Gasteiger partial charge in [0.05, 0.1) is 10.6 Å². The Hall–Kier alpha value is -1.92. The normalized spacial score (nSPS) is 10.3. The molecule has 20 heavy (non-hydrogen) atoms. The average molecular weight is 291 g/mol. The molecule has 0 saturated carbocycles. The van der Waals surface area contributed by atoms with Crippen molar-refractivity contribution in [3.63, 3.8) is 0 Å². The topological polar surface area (TPSA) is 77.2 Å². The molecule has 0 atom stereocenters. The molecule has 0 bridgehead atoms. The summed E-state index contributed by atoms with van der Waals surface area (Å²) in [6.07, 6.45) is 0.802. The fourth-order valence-corrected chi connectivity index (χ4v) is 2.66. The van der Waals surface area contributed by atoms with Crippen LogP contribution in [0, 0.1) is 6.92 Å². The van der Waals surface area contributed by atoms with Crippen LogP contribution >= 0.6 is 11.3 Å². The minimum Gasteiger partial charge on any atom is -0.487 e. The fraction of sp³-hybridized carbons (Fsp3) is 0.286. The highest BCUT2D eigenvalue weighted by Crippen LogP contribution is 2.22. The second kappa shape index (κ2) is 6.49. The van der Waals surface area contributed by atoms with Crippen LogP contribution in [0.4, 0.5) is 0 Å². The first-order valence-corrected chi connectivity index (χ1v) is 7.20. The number of amides is 1. The molecule has 2 rings (SSSR count). The van der Waals surface area contributed by atoms with Crippen molar-refractivity contribution in [2.75, 3.05) is 0 Å². The van der Waals surface area contributed by atoms with Crippen molar-refractivity contribution in [2.24, 2.45) is 5.84 Å². The van der Waals surface area contributed by atoms with Crippen LogP contribution in [-0.2, 0) is 13.0 Å². The van der Waals surface area contributed by atoms with Gasteiger partial charge in [0.1, 0.15) is 12.4 Å². The van der Waals surface area contributed by atoms with Crippen molar-refractivity contribution in [1.82, 2.24) is 10.4 Å². The summed E-state index contributed by atoms with van der Waals surface area (Å²) in [5.41, 5.74) is 4.85. The fourth-order valence-electron chi connectivity index (χ4n) is 1.85. The van der Waals surface area contributed by atoms with Gasteiger partial charge in [-0.15, -0.1) is 11.3 Å². The number of rotatable bonds is 5. The van der Waals surface area contributed by atoms with E-state index in [9.17, 15) is 4.79 Å². The maximum Gasteiger partial charge on any atom is 0.275 e. The number of hydrogen-bond donors (Lipinski definition) is 2. The van der Waals surface area contributed by atoms with Crippen molar-refractivity contribution in [3.8, 4) is 5.75 Å². The van der Waals surface area contributed by atoms with E-state index in [1.54, 1.807) is 0 Å². The van der Waals surface area contributed by atoms with E-state index in [0.717, 1.165) is 29.1 Å². The standard InChI is InChI=1S/C14H17N3O2S/c1-3-11-12(5-4-9(2)16-11)19-8-10-6-7-20-13(10)14(18)17-15/h4-7H,3,8,15H2,1-2H3,(H,17,18). The van der Waals surface area contributed by atoms with E-state index < -0.39 is 0 Å². The number of nitrogens with two attached hydrogens (primary N) is 1. The molecular weight excluding hydrogens is 274 g/mol. The lowest BCUT2D eigenvalue weighted by molar-refractivity contribution is 0.0955. The zero-order valence-electron chi connectivity index (χ0n) is 11.5. The predicted octanol–water partition coefficient (Wildman–Crippen LogP) is 2.20. The van der Waals surface area contributed by atoms with Gasteiger partial charge in [-0.1, -0.05) is 6.92 Å². The molecule has 0 aliphatic heterocycles. The average Bonchev–Trinajstić information content (AvgIpc) is 2.93. The summed E-state index contributed by atoms with van der Waals surface area (Å²) in [5.74, 6) is 5.62. The van der Waals surface area contributed by atoms with Crippen LogP contribution in [0.2, 0.25) is 0 Å². The van der Waals surface area contributed by atoms with Gasteiger partial charge >= 0.3 is 0 Å². The summed E-state index contributed by atoms with van der Waals surface area (Å²) >= 11 is 1.34. The van der Waals surface area contributed by atoms with Crippen molar-refractivity contribution in [3.05, 3.63) is 45.4 Å². The molecule has 0 fully saturated rings. The molecule has 0 aromatic carbocycles. The molecule has 2 heterocycles. The summed E-state index contributed by atoms with van der Waals surface area (Å²) in [6, 6.07) is 5.69. The lowest BCUT2D eigenvalue weighted by Gasteiger charge is -2.10. The number of nitrogens with zero attached hydrogens (tertiary/aromatic N) is 1. The maximum atomic E-state index is 11.6. The number of carbonyl (C=O) groups excluding carboxylic acids is 1. The molecule has 0 radical (unpaired) electrons. The van der Waals surface area contributed by atoms with Gasteiger partial charge in [0.2, 0.25) is 0 Å². The number of nitrogens with one attached hydrogen (secondary N) is 1. The van der Waals surface area contributed by atoms with Crippen molar-refractivity contribution in [2.45, 2.75) is 26.9 Å². The second-order valence-electron chi connectivity index (χ2n) is 4.29. The van der Waals surface area contributed by atoms with Crippen LogP contribution in [0.3, 0.4) is 0 Å². The molecule has 1 amide bonds. The van der Waals surface area contributed by atoms with E-state index in [1.807, 2.05) is 37.4 Å². The van der Waals surface area contributed by atoms with Crippen molar-refractivity contribution >= 4 is 17.2 Å². The number of pyridine rings is 1. The zero-order chi connectivity index (χ0) is 14.5. The number of carbonyl (C=O) groups is 1. The highest BCUT2D eigenvalue weighted by molar-refractivity contribution is 7.12. The molecule has 0 saturated heterocycles. The van der Waals surface area contributed by atoms with E-state index in [2.05, 4.69) is 10.4 Å². The summed E-state index contributed by atoms with van der Waals surface area (Å²) < 4.78 is 5.79. The molecule has 0 spiro atoms. The van der Waals surface area contributed by atoms with Crippen LogP contribution in [0.25, 0.3) is 0 Å². The molecule has 0 aliphatic carbocycles. The van der Waals surface area contributed by atoms with Gasteiger partial charge in [0.25, 0.3) is 5.91 Å². The first-order chi connectivity index (χ1) is 9.65. The predicted molar refractivity (Wildman–Crippen MR) is 78.7 cm³/mol. The summed E-state index contributed by atoms with van der Waals surface area (Å²) in [5, 5.41) is 1.84. The Kier molecular flexibility index (Phi) is 4.70. The van der Waals surface area contributed by atoms with Gasteiger partial charge in [-0.2, -0.15) is 0 Å². The number of thiophene rings is 1. The molecule has 0 unspecified atom stereocenters. The largest absolute Gasteiger partial charge is 0.487 e. The quantitative estimate of drug-likeness (QED) is 0.503. The van der Waals surface area contributed by atoms with Gasteiger partial charge in [0, 0.05) is 11.3 Å². The minimum absolute atomic E-state index is 0.295. The Morgan fingerprint density at radius 2 is 2.25 bits per heavy atom. The zero-order valence-corrected chi connectivity index (χ0v) is 12.3. The Balaban J connectivity index is 2.13. The molecule has 106 valence electrons. The van der Waals surface area contributed by atoms with E-state index >= 15 is 0 Å². The Morgan fingerprint density at radius 3 is 2.95 bits per heavy atom. The molecular formula is C14H17N3O2S. The van der Waals surface area contributed by atoms with Gasteiger partial charge in [0.15, 0.2) is 0 Å². The van der Waals surface area contributed by atoms with Gasteiger partial charge < -0.3 is 4.74 Å². The minimum atomic E-state index is -0.295. The molecule has 2 aromatic rings. The Morgan fingerprint density at radius 1 is 1.45 bits per heavy atom. The highest BCUT2D eigenvalue weighted by Gasteiger charge is 2.13. The monoisotopic (exact) mass is 291 g/mol. The molecule has 5 nitrogen and oxygen atoms in total. The maximum absolute atomic E-state index is 11.6. The van der Waals surface area contributed by atoms with Crippen LogP contribution in [0.5, 0.6) is 5.75 Å². The van der Waals surface area contributed by atoms with Crippen LogP contribution in [0.1, 0.15) is 33.5 Å². The molecule has 3 N–H and O–H groups in total. The van der Waals surface area contributed by atoms with Gasteiger partial charge in [-0.25, -0.2) is 5.84 Å². The summed E-state index contributed by atoms with van der Waals surface area (Å²) in [7, 11) is 0. The SMILES string of the molecule is CCc1nc(C)ccc1OCc1ccsc1C(=O)NN. The molecule has 6 heteroatoms. The first kappa shape index (κ1) is 14.5. The number of nitrogen functional groups attached to an aromatic ring is 1. The Bertz CT molecular complexity index is 610. The second-order valence-corrected chi connectivity index (χ2v) is 5.20. The van der Waals surface area contributed by atoms with Crippen molar-refractivity contribution in [1.29, 1.82) is 0 Å². The number of aryl methyl sites for hydroxylation is 2. The number of hydrogen-bond acceptors (Lipinski definition) is 5. The molecule has 2 aromatic heterocycles. The van der Waals surface area contributed by atoms with Crippen LogP contribution in [-0.4, -0.2) is 10.9 Å². The summed E-state index contributed by atoms with van der Waals surface area (Å²) in [4.78, 5) is 16.6. The van der Waals surface area contributed by atoms with E-state index in [4.69, 9.17) is 10.6 Å². The lowest BCUT2D eigenvalue weighted by Crippen LogP contribution is -2.30. The third kappa shape index (κ3) is 3.15. The van der Waals surface area contributed by atoms with E-state index in [-0.39, 0.29) is 5.91 Å². The number of ether oxygens (including phenoxy) is 1. The highest BCUT2D eigenvalue weighted by atomic mass is 32.1. The first-order valence-electron chi connectivity index (χ1n) is 6.32. The lowest BCUT2D eigenvalue weighted by atomic mass is 10.2. The smallest absolute Gasteiger partial charge is 0.275 e. The summed E-state index contributed by atoms with van der Waals surface area (Å²) in [6.45, 7) is 4.31.